The molecule has 1 aliphatic heterocycles. The van der Waals surface area contributed by atoms with E-state index in [0.717, 1.165) is 38.8 Å². The molecule has 0 unspecified atom stereocenters. The Bertz CT molecular complexity index is 172. The average Bonchev–Trinajstić information content (AvgIpc) is 2.74. The lowest BCUT2D eigenvalue weighted by Gasteiger charge is -2.26. The van der Waals surface area contributed by atoms with Gasteiger partial charge in [-0.15, -0.1) is 0 Å². The highest BCUT2D eigenvalue weighted by atomic mass is 16.5. The van der Waals surface area contributed by atoms with E-state index < -0.39 is 0 Å². The third-order valence-electron chi connectivity index (χ3n) is 3.60. The van der Waals surface area contributed by atoms with Crippen molar-refractivity contribution < 1.29 is 9.84 Å². The molecule has 1 N–H and O–H groups in total. The van der Waals surface area contributed by atoms with Crippen molar-refractivity contribution in [3.63, 3.8) is 0 Å². The minimum atomic E-state index is -0.0663. The zero-order valence-corrected chi connectivity index (χ0v) is 9.53. The zero-order chi connectivity index (χ0) is 10.5. The summed E-state index contributed by atoms with van der Waals surface area (Å²) in [5, 5.41) is 9.36. The molecule has 0 bridgehead atoms. The Balaban J connectivity index is 1.53. The van der Waals surface area contributed by atoms with Crippen LogP contribution in [0.3, 0.4) is 0 Å². The van der Waals surface area contributed by atoms with Crippen molar-refractivity contribution in [2.45, 2.75) is 50.7 Å². The second-order valence-corrected chi connectivity index (χ2v) is 4.85. The number of nitrogens with zero attached hydrogens (tertiary/aromatic N) is 1. The lowest BCUT2D eigenvalue weighted by molar-refractivity contribution is -0.00900. The molecule has 0 radical (unpaired) electrons. The molecule has 0 aromatic rings. The fraction of sp³-hybridized carbons (Fsp3) is 1.00. The number of aliphatic hydroxyl groups excluding tert-OH is 1. The highest BCUT2D eigenvalue weighted by Crippen LogP contribution is 2.20. The molecule has 15 heavy (non-hydrogen) atoms. The van der Waals surface area contributed by atoms with E-state index in [1.807, 2.05) is 0 Å². The first-order valence-corrected chi connectivity index (χ1v) is 6.36. The van der Waals surface area contributed by atoms with E-state index in [0.29, 0.717) is 6.10 Å². The number of likely N-dealkylation sites (tertiary alicyclic amines) is 1. The number of hydrogen-bond acceptors (Lipinski definition) is 3. The smallest absolute Gasteiger partial charge is 0.0597 e. The van der Waals surface area contributed by atoms with Crippen molar-refractivity contribution in [2.75, 3.05) is 26.2 Å². The number of ether oxygens (including phenoxy) is 1. The second kappa shape index (κ2) is 5.83. The largest absolute Gasteiger partial charge is 0.393 e. The fourth-order valence-corrected chi connectivity index (χ4v) is 2.57. The van der Waals surface area contributed by atoms with Crippen LogP contribution in [0.2, 0.25) is 0 Å². The summed E-state index contributed by atoms with van der Waals surface area (Å²) in [5.41, 5.74) is 0. The van der Waals surface area contributed by atoms with Gasteiger partial charge in [-0.1, -0.05) is 0 Å². The third-order valence-corrected chi connectivity index (χ3v) is 3.60. The van der Waals surface area contributed by atoms with Gasteiger partial charge < -0.3 is 14.7 Å². The quantitative estimate of drug-likeness (QED) is 0.766. The molecule has 2 fully saturated rings. The maximum absolute atomic E-state index is 9.36. The van der Waals surface area contributed by atoms with Crippen LogP contribution in [0.25, 0.3) is 0 Å². The molecule has 1 saturated carbocycles. The van der Waals surface area contributed by atoms with Gasteiger partial charge in [0.15, 0.2) is 0 Å². The molecule has 88 valence electrons. The Morgan fingerprint density at radius 3 is 2.40 bits per heavy atom. The molecule has 0 aromatic heterocycles. The minimum absolute atomic E-state index is 0.0663. The van der Waals surface area contributed by atoms with Gasteiger partial charge in [0.1, 0.15) is 0 Å². The predicted octanol–water partition coefficient (Wildman–Crippen LogP) is 1.40. The van der Waals surface area contributed by atoms with Crippen LogP contribution in [-0.2, 0) is 4.74 Å². The van der Waals surface area contributed by atoms with Crippen LogP contribution in [0.5, 0.6) is 0 Å². The monoisotopic (exact) mass is 213 g/mol. The Morgan fingerprint density at radius 2 is 1.73 bits per heavy atom. The lowest BCUT2D eigenvalue weighted by Crippen LogP contribution is -2.29. The van der Waals surface area contributed by atoms with Crippen LogP contribution in [0.15, 0.2) is 0 Å². The Morgan fingerprint density at radius 1 is 1.07 bits per heavy atom. The Kier molecular flexibility index (Phi) is 4.42. The highest BCUT2D eigenvalue weighted by Gasteiger charge is 2.20. The summed E-state index contributed by atoms with van der Waals surface area (Å²) in [4.78, 5) is 2.48. The van der Waals surface area contributed by atoms with E-state index in [1.165, 1.54) is 25.9 Å². The first kappa shape index (κ1) is 11.4. The molecule has 3 nitrogen and oxygen atoms in total. The van der Waals surface area contributed by atoms with Crippen molar-refractivity contribution in [2.24, 2.45) is 0 Å². The van der Waals surface area contributed by atoms with Crippen LogP contribution in [-0.4, -0.2) is 48.5 Å². The molecule has 1 aliphatic carbocycles. The van der Waals surface area contributed by atoms with Crippen molar-refractivity contribution in [1.82, 2.24) is 4.90 Å². The van der Waals surface area contributed by atoms with E-state index in [9.17, 15) is 5.11 Å². The van der Waals surface area contributed by atoms with Crippen LogP contribution in [0.1, 0.15) is 38.5 Å². The predicted molar refractivity (Wildman–Crippen MR) is 59.9 cm³/mol. The maximum atomic E-state index is 9.36. The summed E-state index contributed by atoms with van der Waals surface area (Å²) in [6.07, 6.45) is 7.00. The van der Waals surface area contributed by atoms with E-state index >= 15 is 0 Å². The van der Waals surface area contributed by atoms with Crippen molar-refractivity contribution in [1.29, 1.82) is 0 Å². The molecule has 0 aromatic carbocycles. The van der Waals surface area contributed by atoms with Gasteiger partial charge in [-0.2, -0.15) is 0 Å². The lowest BCUT2D eigenvalue weighted by atomic mass is 9.95. The molecule has 0 spiro atoms. The molecular formula is C12H23NO2. The molecular weight excluding hydrogens is 190 g/mol. The number of rotatable bonds is 4. The third kappa shape index (κ3) is 3.74. The maximum Gasteiger partial charge on any atom is 0.0597 e. The van der Waals surface area contributed by atoms with Crippen molar-refractivity contribution >= 4 is 0 Å². The summed E-state index contributed by atoms with van der Waals surface area (Å²) < 4.78 is 5.84. The highest BCUT2D eigenvalue weighted by molar-refractivity contribution is 4.72. The van der Waals surface area contributed by atoms with Gasteiger partial charge in [-0.05, 0) is 51.6 Å². The van der Waals surface area contributed by atoms with E-state index in [1.54, 1.807) is 0 Å². The van der Waals surface area contributed by atoms with Crippen LogP contribution in [0, 0.1) is 0 Å². The molecule has 0 amide bonds. The van der Waals surface area contributed by atoms with E-state index in [2.05, 4.69) is 4.90 Å². The Labute approximate surface area is 92.4 Å². The summed E-state index contributed by atoms with van der Waals surface area (Å²) in [7, 11) is 0. The molecule has 3 heteroatoms. The van der Waals surface area contributed by atoms with Gasteiger partial charge in [0.2, 0.25) is 0 Å². The van der Waals surface area contributed by atoms with Gasteiger partial charge in [0, 0.05) is 6.54 Å². The number of aliphatic hydroxyl groups is 1. The Hall–Kier alpha value is -0.120. The molecule has 2 rings (SSSR count). The topological polar surface area (TPSA) is 32.7 Å². The van der Waals surface area contributed by atoms with Crippen LogP contribution >= 0.6 is 0 Å². The second-order valence-electron chi connectivity index (χ2n) is 4.85. The van der Waals surface area contributed by atoms with E-state index in [-0.39, 0.29) is 6.10 Å². The van der Waals surface area contributed by atoms with Gasteiger partial charge in [0.05, 0.1) is 18.8 Å². The standard InChI is InChI=1S/C12H23NO2/c14-11-3-5-12(6-4-11)15-10-9-13-7-1-2-8-13/h11-12,14H,1-10H2. The summed E-state index contributed by atoms with van der Waals surface area (Å²) >= 11 is 0. The van der Waals surface area contributed by atoms with Crippen LogP contribution in [0.4, 0.5) is 0 Å². The van der Waals surface area contributed by atoms with Crippen LogP contribution < -0.4 is 0 Å². The minimum Gasteiger partial charge on any atom is -0.393 e. The summed E-state index contributed by atoms with van der Waals surface area (Å²) in [6, 6.07) is 0. The summed E-state index contributed by atoms with van der Waals surface area (Å²) in [5.74, 6) is 0. The number of hydrogen-bond donors (Lipinski definition) is 1. The van der Waals surface area contributed by atoms with Gasteiger partial charge >= 0.3 is 0 Å². The van der Waals surface area contributed by atoms with Gasteiger partial charge in [-0.25, -0.2) is 0 Å². The molecule has 0 atom stereocenters. The SMILES string of the molecule is OC1CCC(OCCN2CCCC2)CC1. The van der Waals surface area contributed by atoms with Gasteiger partial charge in [0.25, 0.3) is 0 Å². The molecule has 1 saturated heterocycles. The fourth-order valence-electron chi connectivity index (χ4n) is 2.57. The first-order chi connectivity index (χ1) is 7.34. The normalized spacial score (nSPS) is 33.4. The van der Waals surface area contributed by atoms with Crippen molar-refractivity contribution in [3.8, 4) is 0 Å². The first-order valence-electron chi connectivity index (χ1n) is 6.36. The average molecular weight is 213 g/mol. The van der Waals surface area contributed by atoms with Crippen molar-refractivity contribution in [3.05, 3.63) is 0 Å². The molecule has 2 aliphatic rings. The van der Waals surface area contributed by atoms with E-state index in [4.69, 9.17) is 4.74 Å². The zero-order valence-electron chi connectivity index (χ0n) is 9.53. The summed E-state index contributed by atoms with van der Waals surface area (Å²) in [6.45, 7) is 4.49. The van der Waals surface area contributed by atoms with Gasteiger partial charge in [-0.3, -0.25) is 0 Å². The molecule has 1 heterocycles.